The zero-order valence-electron chi connectivity index (χ0n) is 12.2. The minimum atomic E-state index is -2.97. The average molecular weight is 363 g/mol. The van der Waals surface area contributed by atoms with E-state index in [1.54, 1.807) is 0 Å². The van der Waals surface area contributed by atoms with Crippen molar-refractivity contribution in [3.05, 3.63) is 0 Å². The fourth-order valence-corrected chi connectivity index (χ4v) is 8.72. The van der Waals surface area contributed by atoms with Crippen LogP contribution >= 0.6 is 23.4 Å². The molecule has 5 nitrogen and oxygen atoms in total. The van der Waals surface area contributed by atoms with Crippen molar-refractivity contribution in [2.45, 2.75) is 43.0 Å². The Kier molecular flexibility index (Phi) is 3.73. The Labute approximate surface area is 139 Å². The third-order valence-electron chi connectivity index (χ3n) is 5.50. The second-order valence-electron chi connectivity index (χ2n) is 6.87. The van der Waals surface area contributed by atoms with Gasteiger partial charge in [0, 0.05) is 11.3 Å². The van der Waals surface area contributed by atoms with Crippen molar-refractivity contribution in [2.75, 3.05) is 17.4 Å². The summed E-state index contributed by atoms with van der Waals surface area (Å²) >= 11 is 7.05. The Balaban J connectivity index is 1.66. The first-order chi connectivity index (χ1) is 10.5. The summed E-state index contributed by atoms with van der Waals surface area (Å²) in [7, 11) is -2.97. The van der Waals surface area contributed by atoms with Gasteiger partial charge in [0.05, 0.1) is 17.5 Å². The quantitative estimate of drug-likeness (QED) is 0.696. The van der Waals surface area contributed by atoms with Gasteiger partial charge in [-0.1, -0.05) is 18.2 Å². The highest BCUT2D eigenvalue weighted by atomic mass is 35.5. The molecule has 0 aromatic rings. The minimum Gasteiger partial charge on any atom is -0.343 e. The van der Waals surface area contributed by atoms with Gasteiger partial charge in [-0.3, -0.25) is 4.79 Å². The number of sulfone groups is 1. The highest BCUT2D eigenvalue weighted by molar-refractivity contribution is 8.15. The second kappa shape index (κ2) is 5.38. The van der Waals surface area contributed by atoms with Crippen LogP contribution in [0.4, 0.5) is 0 Å². The van der Waals surface area contributed by atoms with Crippen LogP contribution in [0.15, 0.2) is 4.99 Å². The molecule has 0 aromatic carbocycles. The van der Waals surface area contributed by atoms with Crippen molar-refractivity contribution in [3.63, 3.8) is 0 Å². The Bertz CT molecular complexity index is 636. The van der Waals surface area contributed by atoms with E-state index < -0.39 is 9.84 Å². The van der Waals surface area contributed by atoms with Crippen LogP contribution in [0.2, 0.25) is 0 Å². The molecule has 4 fully saturated rings. The summed E-state index contributed by atoms with van der Waals surface area (Å²) in [5.74, 6) is 1.34. The first kappa shape index (κ1) is 15.3. The van der Waals surface area contributed by atoms with Crippen LogP contribution in [0.25, 0.3) is 0 Å². The van der Waals surface area contributed by atoms with E-state index in [-0.39, 0.29) is 34.6 Å². The van der Waals surface area contributed by atoms with E-state index in [0.29, 0.717) is 17.1 Å². The molecule has 8 heteroatoms. The molecule has 4 aliphatic rings. The third-order valence-corrected chi connectivity index (χ3v) is 8.95. The number of halogens is 1. The summed E-state index contributed by atoms with van der Waals surface area (Å²) in [4.78, 5) is 18.0. The van der Waals surface area contributed by atoms with Gasteiger partial charge in [0.25, 0.3) is 5.91 Å². The molecule has 4 rings (SSSR count). The van der Waals surface area contributed by atoms with Crippen molar-refractivity contribution in [3.8, 4) is 0 Å². The van der Waals surface area contributed by atoms with Crippen LogP contribution in [0.1, 0.15) is 25.7 Å². The van der Waals surface area contributed by atoms with Crippen molar-refractivity contribution in [2.24, 2.45) is 16.8 Å². The Morgan fingerprint density at radius 1 is 1.27 bits per heavy atom. The summed E-state index contributed by atoms with van der Waals surface area (Å²) in [5.41, 5.74) is 0. The van der Waals surface area contributed by atoms with Gasteiger partial charge in [0.2, 0.25) is 0 Å². The van der Waals surface area contributed by atoms with Crippen molar-refractivity contribution in [1.29, 1.82) is 0 Å². The fourth-order valence-electron chi connectivity index (χ4n) is 4.67. The molecule has 5 atom stereocenters. The van der Waals surface area contributed by atoms with Gasteiger partial charge in [0.15, 0.2) is 15.0 Å². The predicted octanol–water partition coefficient (Wildman–Crippen LogP) is 1.51. The van der Waals surface area contributed by atoms with Crippen LogP contribution in [-0.2, 0) is 14.6 Å². The van der Waals surface area contributed by atoms with E-state index in [0.717, 1.165) is 12.3 Å². The number of hydrogen-bond acceptors (Lipinski definition) is 4. The molecule has 2 aliphatic carbocycles. The van der Waals surface area contributed by atoms with Gasteiger partial charge in [-0.25, -0.2) is 8.42 Å². The second-order valence-corrected chi connectivity index (χ2v) is 10.5. The molecule has 1 amide bonds. The molecule has 0 spiro atoms. The van der Waals surface area contributed by atoms with E-state index in [2.05, 4.69) is 9.89 Å². The molecule has 2 aliphatic heterocycles. The number of carbonyl (C=O) groups excluding carboxylic acids is 1. The molecular formula is C14H19ClN2O3S2. The van der Waals surface area contributed by atoms with Crippen molar-refractivity contribution in [1.82, 2.24) is 4.90 Å². The first-order valence-electron chi connectivity index (χ1n) is 7.80. The predicted molar refractivity (Wildman–Crippen MR) is 88.1 cm³/mol. The van der Waals surface area contributed by atoms with Crippen LogP contribution in [0, 0.1) is 11.8 Å². The standard InChI is InChI=1S/C14H19ClN2O3S2/c15-5-13(18)16-14-17(10-4-8-1-2-9(10)3-8)11-6-22(19,20)7-12(11)21-14/h8-12H,1-7H2/t8-,9-,10+,11+,12+/m0/s1. The van der Waals surface area contributed by atoms with Crippen molar-refractivity contribution < 1.29 is 13.2 Å². The molecule has 122 valence electrons. The Morgan fingerprint density at radius 3 is 2.73 bits per heavy atom. The Hall–Kier alpha value is -0.270. The number of rotatable bonds is 2. The van der Waals surface area contributed by atoms with Crippen LogP contribution < -0.4 is 0 Å². The van der Waals surface area contributed by atoms with Gasteiger partial charge in [-0.05, 0) is 31.1 Å². The number of nitrogens with zero attached hydrogens (tertiary/aromatic N) is 2. The summed E-state index contributed by atoms with van der Waals surface area (Å²) in [6.45, 7) is 0. The normalized spacial score (nSPS) is 44.0. The number of aliphatic imine (C=N–C) groups is 1. The van der Waals surface area contributed by atoms with E-state index >= 15 is 0 Å². The first-order valence-corrected chi connectivity index (χ1v) is 11.0. The number of fused-ring (bicyclic) bond motifs is 3. The van der Waals surface area contributed by atoms with E-state index in [4.69, 9.17) is 11.6 Å². The number of thioether (sulfide) groups is 1. The fraction of sp³-hybridized carbons (Fsp3) is 0.857. The number of alkyl halides is 1. The summed E-state index contributed by atoms with van der Waals surface area (Å²) in [6, 6.07) is 0.345. The molecule has 2 heterocycles. The van der Waals surface area contributed by atoms with Gasteiger partial charge >= 0.3 is 0 Å². The average Bonchev–Trinajstić information content (AvgIpc) is 3.17. The molecule has 0 aromatic heterocycles. The van der Waals surface area contributed by atoms with E-state index in [9.17, 15) is 13.2 Å². The van der Waals surface area contributed by atoms with Crippen LogP contribution in [0.3, 0.4) is 0 Å². The molecule has 2 saturated carbocycles. The highest BCUT2D eigenvalue weighted by Gasteiger charge is 2.54. The van der Waals surface area contributed by atoms with Crippen LogP contribution in [-0.4, -0.2) is 59.1 Å². The lowest BCUT2D eigenvalue weighted by Crippen LogP contribution is -2.47. The highest BCUT2D eigenvalue weighted by Crippen LogP contribution is 2.51. The maximum atomic E-state index is 12.0. The molecular weight excluding hydrogens is 344 g/mol. The summed E-state index contributed by atoms with van der Waals surface area (Å²) in [6.07, 6.45) is 4.87. The Morgan fingerprint density at radius 2 is 2.09 bits per heavy atom. The minimum absolute atomic E-state index is 0.0128. The molecule has 2 bridgehead atoms. The van der Waals surface area contributed by atoms with E-state index in [1.807, 2.05) is 0 Å². The zero-order chi connectivity index (χ0) is 15.5. The number of hydrogen-bond donors (Lipinski definition) is 0. The van der Waals surface area contributed by atoms with Gasteiger partial charge < -0.3 is 4.90 Å². The maximum Gasteiger partial charge on any atom is 0.262 e. The van der Waals surface area contributed by atoms with Crippen LogP contribution in [0.5, 0.6) is 0 Å². The lowest BCUT2D eigenvalue weighted by atomic mass is 9.93. The van der Waals surface area contributed by atoms with E-state index in [1.165, 1.54) is 31.0 Å². The maximum absolute atomic E-state index is 12.0. The number of amides is 1. The van der Waals surface area contributed by atoms with Gasteiger partial charge in [-0.15, -0.1) is 11.6 Å². The lowest BCUT2D eigenvalue weighted by Gasteiger charge is -2.36. The SMILES string of the molecule is O=C(CCl)N=C1S[C@@H]2CS(=O)(=O)C[C@H]2N1[C@@H]1C[C@H]2CC[C@H]1C2. The molecule has 0 N–H and O–H groups in total. The smallest absolute Gasteiger partial charge is 0.262 e. The van der Waals surface area contributed by atoms with Gasteiger partial charge in [0.1, 0.15) is 5.88 Å². The molecule has 22 heavy (non-hydrogen) atoms. The van der Waals surface area contributed by atoms with Crippen molar-refractivity contribution >= 4 is 44.3 Å². The summed E-state index contributed by atoms with van der Waals surface area (Å²) < 4.78 is 24.0. The molecule has 0 unspecified atom stereocenters. The van der Waals surface area contributed by atoms with Gasteiger partial charge in [-0.2, -0.15) is 4.99 Å². The number of amidine groups is 1. The zero-order valence-corrected chi connectivity index (χ0v) is 14.5. The lowest BCUT2D eigenvalue weighted by molar-refractivity contribution is -0.115. The topological polar surface area (TPSA) is 66.8 Å². The molecule has 2 saturated heterocycles. The largest absolute Gasteiger partial charge is 0.343 e. The number of carbonyl (C=O) groups is 1. The molecule has 0 radical (unpaired) electrons. The monoisotopic (exact) mass is 362 g/mol. The summed E-state index contributed by atoms with van der Waals surface area (Å²) in [5, 5.41) is 0.735. The third kappa shape index (κ3) is 2.49.